The number of aliphatic hydroxyl groups is 1. The number of carboxylic acid groups (broad SMARTS) is 1. The van der Waals surface area contributed by atoms with Gasteiger partial charge in [0, 0.05) is 6.07 Å². The molecule has 0 aliphatic carbocycles. The van der Waals surface area contributed by atoms with Crippen molar-refractivity contribution >= 4 is 17.7 Å². The molecule has 1 aliphatic rings. The van der Waals surface area contributed by atoms with Crippen LogP contribution in [0.3, 0.4) is 0 Å². The number of aliphatic carboxylic acids is 1. The molecule has 24 heavy (non-hydrogen) atoms. The molecule has 7 nitrogen and oxygen atoms in total. The topological polar surface area (TPSA) is 108 Å². The summed E-state index contributed by atoms with van der Waals surface area (Å²) in [5.41, 5.74) is -0.336. The molecule has 1 aliphatic heterocycles. The zero-order chi connectivity index (χ0) is 17.7. The van der Waals surface area contributed by atoms with Crippen molar-refractivity contribution in [3.05, 3.63) is 42.0 Å². The molecule has 0 aromatic heterocycles. The number of amides is 2. The predicted octanol–water partition coefficient (Wildman–Crippen LogP) is 1.25. The average Bonchev–Trinajstić information content (AvgIpc) is 2.51. The molecule has 0 fully saturated rings. The summed E-state index contributed by atoms with van der Waals surface area (Å²) >= 11 is 0. The van der Waals surface area contributed by atoms with Gasteiger partial charge in [-0.25, -0.2) is 13.6 Å². The van der Waals surface area contributed by atoms with Crippen molar-refractivity contribution in [3.8, 4) is 0 Å². The van der Waals surface area contributed by atoms with Gasteiger partial charge in [0.2, 0.25) is 0 Å². The predicted molar refractivity (Wildman–Crippen MR) is 79.4 cm³/mol. The van der Waals surface area contributed by atoms with Gasteiger partial charge in [-0.1, -0.05) is 12.2 Å². The lowest BCUT2D eigenvalue weighted by Gasteiger charge is -2.31. The zero-order valence-corrected chi connectivity index (χ0v) is 12.4. The first kappa shape index (κ1) is 17.8. The van der Waals surface area contributed by atoms with Gasteiger partial charge in [-0.2, -0.15) is 0 Å². The van der Waals surface area contributed by atoms with Gasteiger partial charge in [-0.05, 0) is 12.1 Å². The van der Waals surface area contributed by atoms with Gasteiger partial charge >= 0.3 is 12.0 Å². The molecule has 3 atom stereocenters. The van der Waals surface area contributed by atoms with Crippen molar-refractivity contribution in [2.45, 2.75) is 24.7 Å². The molecule has 2 amide bonds. The van der Waals surface area contributed by atoms with Crippen LogP contribution in [-0.2, 0) is 9.53 Å². The van der Waals surface area contributed by atoms with E-state index in [4.69, 9.17) is 9.84 Å². The molecule has 1 heterocycles. The Kier molecular flexibility index (Phi) is 5.83. The molecule has 9 heteroatoms. The molecular formula is C15H16F2N2O5. The number of benzene rings is 1. The molecule has 0 unspecified atom stereocenters. The van der Waals surface area contributed by atoms with Gasteiger partial charge < -0.3 is 25.6 Å². The van der Waals surface area contributed by atoms with Crippen LogP contribution in [0, 0.1) is 11.6 Å². The molecule has 130 valence electrons. The maximum atomic E-state index is 13.5. The van der Waals surface area contributed by atoms with Crippen molar-refractivity contribution in [1.82, 2.24) is 5.32 Å². The summed E-state index contributed by atoms with van der Waals surface area (Å²) in [6.45, 7) is -0.459. The number of carboxylic acids is 1. The first-order valence-electron chi connectivity index (χ1n) is 7.08. The van der Waals surface area contributed by atoms with E-state index in [1.165, 1.54) is 12.2 Å². The van der Waals surface area contributed by atoms with Crippen molar-refractivity contribution < 1.29 is 33.3 Å². The number of carbonyl (C=O) groups excluding carboxylic acids is 1. The van der Waals surface area contributed by atoms with Crippen LogP contribution in [0.5, 0.6) is 0 Å². The summed E-state index contributed by atoms with van der Waals surface area (Å²) in [6.07, 6.45) is 1.08. The highest BCUT2D eigenvalue weighted by atomic mass is 19.1. The molecular weight excluding hydrogens is 326 g/mol. The fourth-order valence-electron chi connectivity index (χ4n) is 2.21. The quantitative estimate of drug-likeness (QED) is 0.602. The van der Waals surface area contributed by atoms with Gasteiger partial charge in [0.15, 0.2) is 0 Å². The molecule has 0 spiro atoms. The summed E-state index contributed by atoms with van der Waals surface area (Å²) < 4.78 is 31.9. The van der Waals surface area contributed by atoms with Crippen LogP contribution < -0.4 is 10.6 Å². The molecule has 4 N–H and O–H groups in total. The normalized spacial score (nSPS) is 22.9. The average molecular weight is 342 g/mol. The van der Waals surface area contributed by atoms with E-state index in [0.29, 0.717) is 0 Å². The highest BCUT2D eigenvalue weighted by molar-refractivity contribution is 5.89. The van der Waals surface area contributed by atoms with Crippen molar-refractivity contribution in [2.75, 3.05) is 11.9 Å². The number of ether oxygens (including phenoxy) is 1. The summed E-state index contributed by atoms with van der Waals surface area (Å²) in [5.74, 6) is -2.58. The summed E-state index contributed by atoms with van der Waals surface area (Å²) in [5, 5.41) is 22.6. The van der Waals surface area contributed by atoms with E-state index in [0.717, 1.165) is 18.2 Å². The smallest absolute Gasteiger partial charge is 0.319 e. The lowest BCUT2D eigenvalue weighted by molar-refractivity contribution is -0.141. The number of hydrogen-bond acceptors (Lipinski definition) is 4. The van der Waals surface area contributed by atoms with Crippen LogP contribution in [-0.4, -0.2) is 47.1 Å². The SMILES string of the molecule is O=C(O)C[C@@H]1C=C[C@@H](NC(=O)Nc2cc(F)ccc2F)[C@@H](CO)O1. The summed E-state index contributed by atoms with van der Waals surface area (Å²) in [4.78, 5) is 22.6. The van der Waals surface area contributed by atoms with Crippen molar-refractivity contribution in [3.63, 3.8) is 0 Å². The molecule has 0 radical (unpaired) electrons. The molecule has 1 aromatic carbocycles. The summed E-state index contributed by atoms with van der Waals surface area (Å²) in [6, 6.07) is 1.04. The van der Waals surface area contributed by atoms with Gasteiger partial charge in [0.25, 0.3) is 0 Å². The Bertz CT molecular complexity index is 653. The number of halogens is 2. The van der Waals surface area contributed by atoms with Crippen LogP contribution in [0.25, 0.3) is 0 Å². The van der Waals surface area contributed by atoms with Crippen molar-refractivity contribution in [2.24, 2.45) is 0 Å². The molecule has 0 saturated heterocycles. The minimum Gasteiger partial charge on any atom is -0.481 e. The Hall–Kier alpha value is -2.52. The Morgan fingerprint density at radius 1 is 1.25 bits per heavy atom. The molecule has 0 bridgehead atoms. The Morgan fingerprint density at radius 3 is 2.67 bits per heavy atom. The minimum absolute atomic E-state index is 0.277. The maximum absolute atomic E-state index is 13.5. The van der Waals surface area contributed by atoms with Crippen LogP contribution in [0.15, 0.2) is 30.4 Å². The van der Waals surface area contributed by atoms with E-state index in [1.807, 2.05) is 0 Å². The zero-order valence-electron chi connectivity index (χ0n) is 12.4. The van der Waals surface area contributed by atoms with E-state index >= 15 is 0 Å². The third-order valence-corrected chi connectivity index (χ3v) is 3.31. The largest absolute Gasteiger partial charge is 0.481 e. The van der Waals surface area contributed by atoms with Gasteiger partial charge in [0.1, 0.15) is 17.7 Å². The first-order chi connectivity index (χ1) is 11.4. The van der Waals surface area contributed by atoms with Gasteiger partial charge in [-0.15, -0.1) is 0 Å². The van der Waals surface area contributed by atoms with Crippen LogP contribution >= 0.6 is 0 Å². The third kappa shape index (κ3) is 4.74. The highest BCUT2D eigenvalue weighted by Crippen LogP contribution is 2.17. The second-order valence-corrected chi connectivity index (χ2v) is 5.13. The third-order valence-electron chi connectivity index (χ3n) is 3.31. The second kappa shape index (κ2) is 7.84. The molecule has 2 rings (SSSR count). The Balaban J connectivity index is 2.00. The standard InChI is InChI=1S/C15H16F2N2O5/c16-8-1-3-10(17)12(5-8)19-15(23)18-11-4-2-9(6-14(21)22)24-13(11)7-20/h1-5,9,11,13,20H,6-7H2,(H,21,22)(H2,18,19,23)/t9-,11+,13+/m0/s1. The van der Waals surface area contributed by atoms with E-state index in [9.17, 15) is 23.5 Å². The summed E-state index contributed by atoms with van der Waals surface area (Å²) in [7, 11) is 0. The maximum Gasteiger partial charge on any atom is 0.319 e. The lowest BCUT2D eigenvalue weighted by Crippen LogP contribution is -2.50. The van der Waals surface area contributed by atoms with E-state index < -0.39 is 48.5 Å². The minimum atomic E-state index is -1.06. The fourth-order valence-corrected chi connectivity index (χ4v) is 2.21. The number of nitrogens with one attached hydrogen (secondary N) is 2. The van der Waals surface area contributed by atoms with Crippen LogP contribution in [0.2, 0.25) is 0 Å². The number of carbonyl (C=O) groups is 2. The van der Waals surface area contributed by atoms with E-state index in [1.54, 1.807) is 0 Å². The lowest BCUT2D eigenvalue weighted by atomic mass is 10.1. The fraction of sp³-hybridized carbons (Fsp3) is 0.333. The Morgan fingerprint density at radius 2 is 2.00 bits per heavy atom. The Labute approximate surface area is 135 Å². The second-order valence-electron chi connectivity index (χ2n) is 5.13. The number of hydrogen-bond donors (Lipinski definition) is 4. The van der Waals surface area contributed by atoms with Crippen LogP contribution in [0.4, 0.5) is 19.3 Å². The first-order valence-corrected chi connectivity index (χ1v) is 7.08. The highest BCUT2D eigenvalue weighted by Gasteiger charge is 2.29. The molecule has 1 aromatic rings. The number of aliphatic hydroxyl groups excluding tert-OH is 1. The molecule has 0 saturated carbocycles. The van der Waals surface area contributed by atoms with E-state index in [2.05, 4.69) is 10.6 Å². The number of urea groups is 1. The van der Waals surface area contributed by atoms with Crippen molar-refractivity contribution in [1.29, 1.82) is 0 Å². The van der Waals surface area contributed by atoms with Gasteiger partial charge in [0.05, 0.1) is 30.9 Å². The number of rotatable bonds is 5. The number of anilines is 1. The van der Waals surface area contributed by atoms with Gasteiger partial charge in [-0.3, -0.25) is 4.79 Å². The monoisotopic (exact) mass is 342 g/mol. The van der Waals surface area contributed by atoms with E-state index in [-0.39, 0.29) is 12.1 Å². The van der Waals surface area contributed by atoms with Crippen LogP contribution in [0.1, 0.15) is 6.42 Å².